The van der Waals surface area contributed by atoms with Crippen molar-refractivity contribution in [2.45, 2.75) is 64.0 Å². The Bertz CT molecular complexity index is 1230. The first-order valence-corrected chi connectivity index (χ1v) is 12.3. The minimum absolute atomic E-state index is 0.109. The summed E-state index contributed by atoms with van der Waals surface area (Å²) in [4.78, 5) is 41.6. The molecule has 3 unspecified atom stereocenters. The molecule has 0 radical (unpaired) electrons. The number of Topliss-reactive ketones (excluding diaryl/α,β-unsaturated/α-hetero) is 2. The monoisotopic (exact) mass is 498 g/mol. The third kappa shape index (κ3) is 3.77. The van der Waals surface area contributed by atoms with Crippen LogP contribution < -0.4 is 10.2 Å². The fourth-order valence-electron chi connectivity index (χ4n) is 6.06. The number of fused-ring (bicyclic) bond motifs is 3. The average molecular weight is 499 g/mol. The lowest BCUT2D eigenvalue weighted by atomic mass is 9.59. The van der Waals surface area contributed by atoms with Crippen LogP contribution in [0, 0.1) is 11.8 Å². The van der Waals surface area contributed by atoms with E-state index in [4.69, 9.17) is 0 Å². The van der Waals surface area contributed by atoms with Gasteiger partial charge in [-0.1, -0.05) is 13.3 Å². The average Bonchev–Trinajstić information content (AvgIpc) is 2.75. The molecular formula is C27H34N2O7. The molecule has 194 valence electrons. The first-order chi connectivity index (χ1) is 16.7. The number of aliphatic hydroxyl groups is 3. The van der Waals surface area contributed by atoms with Crippen molar-refractivity contribution in [3.63, 3.8) is 0 Å². The number of phenolic OH excluding ortho intramolecular Hbond substituents is 1. The second kappa shape index (κ2) is 8.65. The van der Waals surface area contributed by atoms with Crippen molar-refractivity contribution in [1.29, 1.82) is 0 Å². The van der Waals surface area contributed by atoms with Crippen LogP contribution >= 0.6 is 0 Å². The van der Waals surface area contributed by atoms with Crippen LogP contribution in [0.15, 0.2) is 29.0 Å². The van der Waals surface area contributed by atoms with E-state index in [1.165, 1.54) is 6.07 Å². The van der Waals surface area contributed by atoms with E-state index < -0.39 is 57.5 Å². The Hall–Kier alpha value is -3.33. The number of aliphatic hydroxyl groups excluding tert-OH is 2. The molecule has 9 nitrogen and oxygen atoms in total. The Balaban J connectivity index is 1.83. The van der Waals surface area contributed by atoms with Crippen LogP contribution in [0.1, 0.15) is 57.6 Å². The lowest BCUT2D eigenvalue weighted by Gasteiger charge is -2.46. The minimum Gasteiger partial charge on any atom is -0.508 e. The quantitative estimate of drug-likeness (QED) is 0.389. The smallest absolute Gasteiger partial charge is 0.258 e. The first kappa shape index (κ1) is 25.8. The minimum atomic E-state index is -2.53. The highest BCUT2D eigenvalue weighted by Crippen LogP contribution is 2.53. The van der Waals surface area contributed by atoms with E-state index in [1.807, 2.05) is 25.9 Å². The van der Waals surface area contributed by atoms with Crippen LogP contribution in [0.5, 0.6) is 5.75 Å². The summed E-state index contributed by atoms with van der Waals surface area (Å²) in [5.41, 5.74) is -2.41. The molecule has 0 aliphatic heterocycles. The van der Waals surface area contributed by atoms with Crippen molar-refractivity contribution >= 4 is 28.9 Å². The number of hydrogen-bond acceptors (Lipinski definition) is 8. The standard InChI is InChI=1S/C27H34N2O7/c1-6-9-26(2,3)28-25(35)21-18(31)12-14-10-13-11-15-16(29(4)5)7-8-17(30)20(15)22(32)19(13)23(33)27(14,36)24(21)34/h7-8,13-14,30,32,34,36H,6,9-12H2,1-5H3,(H,28,35). The summed E-state index contributed by atoms with van der Waals surface area (Å²) < 4.78 is 0. The molecule has 0 spiro atoms. The first-order valence-electron chi connectivity index (χ1n) is 12.3. The highest BCUT2D eigenvalue weighted by atomic mass is 16.3. The molecule has 1 fully saturated rings. The largest absolute Gasteiger partial charge is 0.508 e. The van der Waals surface area contributed by atoms with Gasteiger partial charge in [-0.15, -0.1) is 0 Å². The molecule has 3 aliphatic rings. The number of nitrogens with one attached hydrogen (secondary N) is 1. The normalized spacial score (nSPS) is 25.8. The van der Waals surface area contributed by atoms with Crippen molar-refractivity contribution in [3.05, 3.63) is 40.2 Å². The van der Waals surface area contributed by atoms with Crippen LogP contribution in [-0.4, -0.2) is 63.1 Å². The number of nitrogens with zero attached hydrogens (tertiary/aromatic N) is 1. The molecule has 5 N–H and O–H groups in total. The Morgan fingerprint density at radius 2 is 1.83 bits per heavy atom. The van der Waals surface area contributed by atoms with Gasteiger partial charge in [0.15, 0.2) is 11.4 Å². The van der Waals surface area contributed by atoms with Gasteiger partial charge in [-0.3, -0.25) is 14.4 Å². The Labute approximate surface area is 210 Å². The van der Waals surface area contributed by atoms with Gasteiger partial charge in [0.2, 0.25) is 5.78 Å². The topological polar surface area (TPSA) is 147 Å². The van der Waals surface area contributed by atoms with Gasteiger partial charge in [-0.25, -0.2) is 0 Å². The van der Waals surface area contributed by atoms with E-state index in [-0.39, 0.29) is 29.7 Å². The fraction of sp³-hybridized carbons (Fsp3) is 0.519. The summed E-state index contributed by atoms with van der Waals surface area (Å²) in [6.07, 6.45) is 1.53. The van der Waals surface area contributed by atoms with E-state index in [0.717, 1.165) is 12.1 Å². The number of benzene rings is 1. The zero-order chi connectivity index (χ0) is 26.7. The lowest BCUT2D eigenvalue weighted by molar-refractivity contribution is -0.147. The summed E-state index contributed by atoms with van der Waals surface area (Å²) in [5, 5.41) is 47.1. The summed E-state index contributed by atoms with van der Waals surface area (Å²) >= 11 is 0. The molecule has 1 aromatic carbocycles. The van der Waals surface area contributed by atoms with Crippen LogP contribution in [-0.2, 0) is 20.8 Å². The van der Waals surface area contributed by atoms with E-state index in [0.29, 0.717) is 18.4 Å². The molecule has 1 amide bonds. The number of carbonyl (C=O) groups is 3. The van der Waals surface area contributed by atoms with E-state index in [2.05, 4.69) is 5.32 Å². The molecule has 3 aliphatic carbocycles. The van der Waals surface area contributed by atoms with Gasteiger partial charge in [-0.05, 0) is 56.7 Å². The maximum atomic E-state index is 13.7. The van der Waals surface area contributed by atoms with Crippen molar-refractivity contribution in [1.82, 2.24) is 5.32 Å². The van der Waals surface area contributed by atoms with Crippen molar-refractivity contribution in [2.24, 2.45) is 11.8 Å². The maximum absolute atomic E-state index is 13.7. The SMILES string of the molecule is CCCC(C)(C)NC(=O)C1=C(O)C2(O)C(=O)C3=C(O)c4c(O)ccc(N(C)C)c4CC3CC2CC1=O. The molecule has 4 rings (SSSR count). The molecule has 1 aromatic rings. The predicted molar refractivity (Wildman–Crippen MR) is 134 cm³/mol. The summed E-state index contributed by atoms with van der Waals surface area (Å²) in [6.45, 7) is 5.51. The molecule has 3 atom stereocenters. The van der Waals surface area contributed by atoms with Gasteiger partial charge in [0.05, 0.1) is 5.56 Å². The predicted octanol–water partition coefficient (Wildman–Crippen LogP) is 2.70. The number of aromatic hydroxyl groups is 1. The number of hydrogen-bond donors (Lipinski definition) is 5. The van der Waals surface area contributed by atoms with Crippen molar-refractivity contribution in [3.8, 4) is 5.75 Å². The second-order valence-corrected chi connectivity index (χ2v) is 11.0. The third-order valence-electron chi connectivity index (χ3n) is 7.71. The van der Waals surface area contributed by atoms with Crippen LogP contribution in [0.25, 0.3) is 5.76 Å². The maximum Gasteiger partial charge on any atom is 0.258 e. The van der Waals surface area contributed by atoms with E-state index >= 15 is 0 Å². The van der Waals surface area contributed by atoms with Crippen LogP contribution in [0.3, 0.4) is 0 Å². The Morgan fingerprint density at radius 1 is 1.17 bits per heavy atom. The zero-order valence-electron chi connectivity index (χ0n) is 21.3. The molecule has 0 aromatic heterocycles. The fourth-order valence-corrected chi connectivity index (χ4v) is 6.06. The van der Waals surface area contributed by atoms with E-state index in [1.54, 1.807) is 19.9 Å². The van der Waals surface area contributed by atoms with Crippen molar-refractivity contribution in [2.75, 3.05) is 19.0 Å². The van der Waals surface area contributed by atoms with Crippen molar-refractivity contribution < 1.29 is 34.8 Å². The highest BCUT2D eigenvalue weighted by Gasteiger charge is 2.60. The number of carbonyl (C=O) groups excluding carboxylic acids is 3. The highest BCUT2D eigenvalue weighted by molar-refractivity contribution is 6.23. The molecule has 36 heavy (non-hydrogen) atoms. The molecule has 1 saturated carbocycles. The number of rotatable bonds is 5. The number of anilines is 1. The van der Waals surface area contributed by atoms with Crippen LogP contribution in [0.2, 0.25) is 0 Å². The number of ketones is 2. The summed E-state index contributed by atoms with van der Waals surface area (Å²) in [6, 6.07) is 3.14. The third-order valence-corrected chi connectivity index (χ3v) is 7.71. The molecule has 9 heteroatoms. The second-order valence-electron chi connectivity index (χ2n) is 11.0. The van der Waals surface area contributed by atoms with Gasteiger partial charge in [0.1, 0.15) is 22.8 Å². The molecule has 0 saturated heterocycles. The number of phenols is 1. The number of amides is 1. The Morgan fingerprint density at radius 3 is 2.44 bits per heavy atom. The summed E-state index contributed by atoms with van der Waals surface area (Å²) in [5.74, 6) is -5.58. The van der Waals surface area contributed by atoms with Gasteiger partial charge >= 0.3 is 0 Å². The van der Waals surface area contributed by atoms with Gasteiger partial charge in [-0.2, -0.15) is 0 Å². The van der Waals surface area contributed by atoms with Gasteiger partial charge in [0.25, 0.3) is 5.91 Å². The van der Waals surface area contributed by atoms with Crippen LogP contribution in [0.4, 0.5) is 5.69 Å². The van der Waals surface area contributed by atoms with E-state index in [9.17, 15) is 34.8 Å². The van der Waals surface area contributed by atoms with Gasteiger partial charge < -0.3 is 30.6 Å². The molecule has 0 bridgehead atoms. The molecule has 0 heterocycles. The lowest BCUT2D eigenvalue weighted by Crippen LogP contribution is -2.59. The summed E-state index contributed by atoms with van der Waals surface area (Å²) in [7, 11) is 3.65. The molecular weight excluding hydrogens is 464 g/mol. The van der Waals surface area contributed by atoms with Gasteiger partial charge in [0, 0.05) is 43.2 Å². The zero-order valence-corrected chi connectivity index (χ0v) is 21.3. The Kier molecular flexibility index (Phi) is 6.19.